The number of carbonyl (C=O) groups excluding carboxylic acids is 1. The van der Waals surface area contributed by atoms with Gasteiger partial charge in [-0.15, -0.1) is 0 Å². The van der Waals surface area contributed by atoms with E-state index in [9.17, 15) is 4.79 Å². The van der Waals surface area contributed by atoms with Crippen molar-refractivity contribution < 1.29 is 9.53 Å². The van der Waals surface area contributed by atoms with Gasteiger partial charge in [0.1, 0.15) is 22.7 Å². The molecule has 1 unspecified atom stereocenters. The van der Waals surface area contributed by atoms with Crippen molar-refractivity contribution in [3.63, 3.8) is 0 Å². The first-order valence-corrected chi connectivity index (χ1v) is 10.8. The SMILES string of the molecule is CC(CN(C)C)Oc1cc(NC(=O)Cc2ccc(C3=CCCN(C#N)C3)nc2)ncc1Cl. The van der Waals surface area contributed by atoms with Crippen molar-refractivity contribution in [2.45, 2.75) is 25.9 Å². The third-order valence-corrected chi connectivity index (χ3v) is 5.13. The Hall–Kier alpha value is -3.15. The first-order chi connectivity index (χ1) is 15.3. The van der Waals surface area contributed by atoms with Crippen molar-refractivity contribution in [3.8, 4) is 11.9 Å². The minimum absolute atomic E-state index is 0.0717. The zero-order chi connectivity index (χ0) is 23.1. The topological polar surface area (TPSA) is 94.4 Å². The van der Waals surface area contributed by atoms with Gasteiger partial charge in [0, 0.05) is 25.4 Å². The van der Waals surface area contributed by atoms with Crippen LogP contribution in [0.3, 0.4) is 0 Å². The summed E-state index contributed by atoms with van der Waals surface area (Å²) in [5, 5.41) is 12.3. The number of nitrogens with zero attached hydrogens (tertiary/aromatic N) is 5. The van der Waals surface area contributed by atoms with Crippen LogP contribution in [0.2, 0.25) is 5.02 Å². The maximum atomic E-state index is 12.5. The number of nitriles is 1. The number of ether oxygens (including phenoxy) is 1. The van der Waals surface area contributed by atoms with Crippen LogP contribution in [-0.4, -0.2) is 65.5 Å². The monoisotopic (exact) mass is 454 g/mol. The Bertz CT molecular complexity index is 1020. The largest absolute Gasteiger partial charge is 0.488 e. The second-order valence-corrected chi connectivity index (χ2v) is 8.41. The van der Waals surface area contributed by atoms with E-state index in [1.54, 1.807) is 17.2 Å². The fraction of sp³-hybridized carbons (Fsp3) is 0.391. The van der Waals surface area contributed by atoms with Gasteiger partial charge in [0.05, 0.1) is 24.9 Å². The third-order valence-electron chi connectivity index (χ3n) is 4.85. The molecule has 0 aromatic carbocycles. The number of amides is 1. The van der Waals surface area contributed by atoms with Crippen LogP contribution in [0, 0.1) is 11.5 Å². The number of rotatable bonds is 8. The van der Waals surface area contributed by atoms with Gasteiger partial charge in [0.15, 0.2) is 6.19 Å². The van der Waals surface area contributed by atoms with E-state index in [1.165, 1.54) is 6.20 Å². The molecule has 0 saturated heterocycles. The van der Waals surface area contributed by atoms with E-state index in [2.05, 4.69) is 27.6 Å². The van der Waals surface area contributed by atoms with Gasteiger partial charge in [0.25, 0.3) is 0 Å². The summed E-state index contributed by atoms with van der Waals surface area (Å²) < 4.78 is 5.88. The molecule has 2 aromatic heterocycles. The summed E-state index contributed by atoms with van der Waals surface area (Å²) in [6, 6.07) is 5.39. The summed E-state index contributed by atoms with van der Waals surface area (Å²) in [5.41, 5.74) is 2.63. The first kappa shape index (κ1) is 23.5. The molecule has 0 spiro atoms. The second kappa shape index (κ2) is 10.9. The van der Waals surface area contributed by atoms with Crippen molar-refractivity contribution in [2.24, 2.45) is 0 Å². The van der Waals surface area contributed by atoms with E-state index >= 15 is 0 Å². The predicted octanol–water partition coefficient (Wildman–Crippen LogP) is 3.21. The lowest BCUT2D eigenvalue weighted by Crippen LogP contribution is -2.28. The summed E-state index contributed by atoms with van der Waals surface area (Å²) in [7, 11) is 3.93. The van der Waals surface area contributed by atoms with Crippen LogP contribution < -0.4 is 10.1 Å². The molecule has 0 saturated carbocycles. The zero-order valence-corrected chi connectivity index (χ0v) is 19.3. The van der Waals surface area contributed by atoms with Crippen LogP contribution in [0.15, 0.2) is 36.7 Å². The molecule has 0 aliphatic carbocycles. The number of anilines is 1. The lowest BCUT2D eigenvalue weighted by molar-refractivity contribution is -0.115. The van der Waals surface area contributed by atoms with Gasteiger partial charge in [-0.3, -0.25) is 9.78 Å². The number of carbonyl (C=O) groups is 1. The molecular weight excluding hydrogens is 428 g/mol. The van der Waals surface area contributed by atoms with Crippen LogP contribution in [0.25, 0.3) is 5.57 Å². The first-order valence-electron chi connectivity index (χ1n) is 10.4. The Morgan fingerprint density at radius 1 is 1.38 bits per heavy atom. The van der Waals surface area contributed by atoms with Gasteiger partial charge < -0.3 is 19.9 Å². The lowest BCUT2D eigenvalue weighted by atomic mass is 10.1. The van der Waals surface area contributed by atoms with Crippen molar-refractivity contribution in [3.05, 3.63) is 52.9 Å². The van der Waals surface area contributed by atoms with Gasteiger partial charge in [-0.25, -0.2) is 4.98 Å². The highest BCUT2D eigenvalue weighted by atomic mass is 35.5. The normalized spacial score (nSPS) is 14.5. The summed E-state index contributed by atoms with van der Waals surface area (Å²) in [6.07, 6.45) is 8.35. The van der Waals surface area contributed by atoms with Gasteiger partial charge in [-0.1, -0.05) is 23.7 Å². The smallest absolute Gasteiger partial charge is 0.230 e. The average molecular weight is 455 g/mol. The van der Waals surface area contributed by atoms with E-state index in [0.29, 0.717) is 23.1 Å². The highest BCUT2D eigenvalue weighted by molar-refractivity contribution is 6.32. The van der Waals surface area contributed by atoms with Gasteiger partial charge in [-0.05, 0) is 44.6 Å². The van der Waals surface area contributed by atoms with Crippen LogP contribution in [0.1, 0.15) is 24.6 Å². The third kappa shape index (κ3) is 6.67. The Balaban J connectivity index is 1.59. The molecule has 1 N–H and O–H groups in total. The van der Waals surface area contributed by atoms with E-state index in [-0.39, 0.29) is 18.4 Å². The molecule has 0 bridgehead atoms. The van der Waals surface area contributed by atoms with E-state index < -0.39 is 0 Å². The Labute approximate surface area is 193 Å². The molecule has 1 amide bonds. The van der Waals surface area contributed by atoms with E-state index in [0.717, 1.165) is 36.3 Å². The number of halogens is 1. The number of aromatic nitrogens is 2. The summed E-state index contributed by atoms with van der Waals surface area (Å²) in [6.45, 7) is 3.98. The highest BCUT2D eigenvalue weighted by Crippen LogP contribution is 2.27. The molecule has 32 heavy (non-hydrogen) atoms. The molecule has 168 valence electrons. The van der Waals surface area contributed by atoms with Gasteiger partial charge in [0.2, 0.25) is 5.91 Å². The molecule has 2 aromatic rings. The number of likely N-dealkylation sites (N-methyl/N-ethyl adjacent to an activating group) is 1. The maximum absolute atomic E-state index is 12.5. The molecule has 0 radical (unpaired) electrons. The van der Waals surface area contributed by atoms with E-state index in [1.807, 2.05) is 38.1 Å². The highest BCUT2D eigenvalue weighted by Gasteiger charge is 2.15. The predicted molar refractivity (Wildman–Crippen MR) is 124 cm³/mol. The number of nitrogens with one attached hydrogen (secondary N) is 1. The minimum atomic E-state index is -0.214. The molecular formula is C23H27ClN6O2. The van der Waals surface area contributed by atoms with Crippen molar-refractivity contribution >= 4 is 28.9 Å². The Morgan fingerprint density at radius 2 is 2.19 bits per heavy atom. The number of hydrogen-bond donors (Lipinski definition) is 1. The molecule has 3 heterocycles. The molecule has 8 nitrogen and oxygen atoms in total. The van der Waals surface area contributed by atoms with Crippen LogP contribution in [0.4, 0.5) is 5.82 Å². The number of hydrogen-bond acceptors (Lipinski definition) is 7. The quantitative estimate of drug-likeness (QED) is 0.612. The summed E-state index contributed by atoms with van der Waals surface area (Å²) in [4.78, 5) is 24.9. The van der Waals surface area contributed by atoms with Crippen molar-refractivity contribution in [2.75, 3.05) is 39.0 Å². The maximum Gasteiger partial charge on any atom is 0.230 e. The summed E-state index contributed by atoms with van der Waals surface area (Å²) >= 11 is 6.19. The van der Waals surface area contributed by atoms with E-state index in [4.69, 9.17) is 21.6 Å². The standard InChI is InChI=1S/C23H27ClN6O2/c1-16(13-29(2)3)32-21-10-22(27-12-19(21)24)28-23(31)9-17-6-7-20(26-11-17)18-5-4-8-30(14-18)15-25/h5-7,10-12,16H,4,8-9,13-14H2,1-3H3,(H,27,28,31). The van der Waals surface area contributed by atoms with Crippen molar-refractivity contribution in [1.29, 1.82) is 5.26 Å². The van der Waals surface area contributed by atoms with Crippen molar-refractivity contribution in [1.82, 2.24) is 19.8 Å². The lowest BCUT2D eigenvalue weighted by Gasteiger charge is -2.21. The van der Waals surface area contributed by atoms with Gasteiger partial charge in [-0.2, -0.15) is 5.26 Å². The fourth-order valence-corrected chi connectivity index (χ4v) is 3.60. The Kier molecular flexibility index (Phi) is 8.03. The summed E-state index contributed by atoms with van der Waals surface area (Å²) in [5.74, 6) is 0.638. The molecule has 1 atom stereocenters. The average Bonchev–Trinajstić information content (AvgIpc) is 2.76. The van der Waals surface area contributed by atoms with Crippen LogP contribution >= 0.6 is 11.6 Å². The molecule has 1 aliphatic heterocycles. The molecule has 0 fully saturated rings. The zero-order valence-electron chi connectivity index (χ0n) is 18.5. The van der Waals surface area contributed by atoms with Gasteiger partial charge >= 0.3 is 0 Å². The number of pyridine rings is 2. The fourth-order valence-electron chi connectivity index (χ4n) is 3.45. The molecule has 9 heteroatoms. The second-order valence-electron chi connectivity index (χ2n) is 8.01. The van der Waals surface area contributed by atoms with Crippen LogP contribution in [0.5, 0.6) is 5.75 Å². The minimum Gasteiger partial charge on any atom is -0.488 e. The van der Waals surface area contributed by atoms with Crippen LogP contribution in [-0.2, 0) is 11.2 Å². The molecule has 1 aliphatic rings. The Morgan fingerprint density at radius 3 is 2.88 bits per heavy atom. The molecule has 3 rings (SSSR count).